The summed E-state index contributed by atoms with van der Waals surface area (Å²) >= 11 is 0. The first kappa shape index (κ1) is 13.0. The number of rotatable bonds is 4. The molecule has 16 heavy (non-hydrogen) atoms. The maximum absolute atomic E-state index is 9.34. The first-order valence-corrected chi connectivity index (χ1v) is 5.47. The summed E-state index contributed by atoms with van der Waals surface area (Å²) in [7, 11) is 1.97. The van der Waals surface area contributed by atoms with Crippen LogP contribution in [-0.2, 0) is 6.61 Å². The summed E-state index contributed by atoms with van der Waals surface area (Å²) in [5.74, 6) is 0. The lowest BCUT2D eigenvalue weighted by Gasteiger charge is -2.37. The number of aliphatic hydroxyl groups excluding tert-OH is 2. The van der Waals surface area contributed by atoms with Gasteiger partial charge in [0, 0.05) is 12.7 Å². The summed E-state index contributed by atoms with van der Waals surface area (Å²) in [4.78, 5) is 2.06. The van der Waals surface area contributed by atoms with Crippen molar-refractivity contribution in [2.45, 2.75) is 32.9 Å². The van der Waals surface area contributed by atoms with Gasteiger partial charge in [-0.2, -0.15) is 0 Å². The minimum absolute atomic E-state index is 0.0637. The van der Waals surface area contributed by atoms with Gasteiger partial charge in [0.25, 0.3) is 0 Å². The number of aliphatic hydroxyl groups is 2. The number of hydrogen-bond acceptors (Lipinski definition) is 3. The Bertz CT molecular complexity index is 361. The van der Waals surface area contributed by atoms with Gasteiger partial charge in [-0.1, -0.05) is 12.1 Å². The molecule has 2 N–H and O–H groups in total. The van der Waals surface area contributed by atoms with Gasteiger partial charge < -0.3 is 15.1 Å². The van der Waals surface area contributed by atoms with Crippen molar-refractivity contribution >= 4 is 5.69 Å². The average molecular weight is 223 g/mol. The quantitative estimate of drug-likeness (QED) is 0.816. The molecular formula is C13H21NO2. The fourth-order valence-electron chi connectivity index (χ4n) is 1.62. The Kier molecular flexibility index (Phi) is 3.94. The van der Waals surface area contributed by atoms with Gasteiger partial charge in [-0.3, -0.25) is 0 Å². The van der Waals surface area contributed by atoms with Crippen LogP contribution in [0.25, 0.3) is 0 Å². The third-order valence-electron chi connectivity index (χ3n) is 3.10. The fourth-order valence-corrected chi connectivity index (χ4v) is 1.62. The van der Waals surface area contributed by atoms with E-state index in [2.05, 4.69) is 4.90 Å². The van der Waals surface area contributed by atoms with Crippen LogP contribution in [0.15, 0.2) is 18.2 Å². The second kappa shape index (κ2) is 4.85. The Labute approximate surface area is 97.3 Å². The maximum atomic E-state index is 9.34. The van der Waals surface area contributed by atoms with Crippen molar-refractivity contribution in [3.63, 3.8) is 0 Å². The molecule has 0 amide bonds. The summed E-state index contributed by atoms with van der Waals surface area (Å²) < 4.78 is 0. The molecule has 1 rings (SSSR count). The molecule has 0 atom stereocenters. The van der Waals surface area contributed by atoms with Crippen molar-refractivity contribution in [1.82, 2.24) is 0 Å². The van der Waals surface area contributed by atoms with Crippen molar-refractivity contribution in [3.05, 3.63) is 29.3 Å². The molecule has 0 aromatic heterocycles. The van der Waals surface area contributed by atoms with Gasteiger partial charge in [-0.05, 0) is 38.0 Å². The Morgan fingerprint density at radius 3 is 2.31 bits per heavy atom. The first-order valence-electron chi connectivity index (χ1n) is 5.47. The van der Waals surface area contributed by atoms with E-state index in [1.54, 1.807) is 0 Å². The monoisotopic (exact) mass is 223 g/mol. The summed E-state index contributed by atoms with van der Waals surface area (Å²) in [5.41, 5.74) is 2.81. The molecule has 3 nitrogen and oxygen atoms in total. The van der Waals surface area contributed by atoms with E-state index in [0.717, 1.165) is 16.8 Å². The van der Waals surface area contributed by atoms with E-state index in [1.165, 1.54) is 0 Å². The number of hydrogen-bond donors (Lipinski definition) is 2. The number of aryl methyl sites for hydroxylation is 1. The molecular weight excluding hydrogens is 202 g/mol. The highest BCUT2D eigenvalue weighted by atomic mass is 16.3. The van der Waals surface area contributed by atoms with Crippen LogP contribution >= 0.6 is 0 Å². The van der Waals surface area contributed by atoms with Gasteiger partial charge in [0.15, 0.2) is 0 Å². The van der Waals surface area contributed by atoms with Gasteiger partial charge in [0.2, 0.25) is 0 Å². The molecule has 1 aromatic carbocycles. The molecule has 0 bridgehead atoms. The predicted molar refractivity (Wildman–Crippen MR) is 66.7 cm³/mol. The van der Waals surface area contributed by atoms with Crippen LogP contribution in [0.2, 0.25) is 0 Å². The van der Waals surface area contributed by atoms with Crippen LogP contribution in [-0.4, -0.2) is 29.4 Å². The molecule has 0 radical (unpaired) electrons. The lowest BCUT2D eigenvalue weighted by molar-refractivity contribution is 0.216. The number of likely N-dealkylation sites (N-methyl/N-ethyl adjacent to an activating group) is 1. The summed E-state index contributed by atoms with van der Waals surface area (Å²) in [6, 6.07) is 5.86. The van der Waals surface area contributed by atoms with Gasteiger partial charge in [0.1, 0.15) is 0 Å². The summed E-state index contributed by atoms with van der Waals surface area (Å²) in [6.07, 6.45) is 0. The molecule has 0 fully saturated rings. The molecule has 0 heterocycles. The molecule has 0 saturated carbocycles. The third kappa shape index (κ3) is 2.54. The van der Waals surface area contributed by atoms with Crippen LogP contribution in [0.4, 0.5) is 5.69 Å². The van der Waals surface area contributed by atoms with E-state index in [-0.39, 0.29) is 18.8 Å². The van der Waals surface area contributed by atoms with Gasteiger partial charge in [-0.25, -0.2) is 0 Å². The molecule has 0 aliphatic rings. The minimum atomic E-state index is -0.286. The highest BCUT2D eigenvalue weighted by Crippen LogP contribution is 2.26. The first-order chi connectivity index (χ1) is 7.42. The van der Waals surface area contributed by atoms with Gasteiger partial charge >= 0.3 is 0 Å². The lowest BCUT2D eigenvalue weighted by Crippen LogP contribution is -2.44. The zero-order valence-electron chi connectivity index (χ0n) is 10.5. The fraction of sp³-hybridized carbons (Fsp3) is 0.538. The van der Waals surface area contributed by atoms with Crippen molar-refractivity contribution in [3.8, 4) is 0 Å². The van der Waals surface area contributed by atoms with E-state index < -0.39 is 0 Å². The van der Waals surface area contributed by atoms with Gasteiger partial charge in [0.05, 0.1) is 18.8 Å². The standard InChI is InChI=1S/C13H21NO2/c1-10-7-11(8-15)5-6-12(10)14(4)13(2,3)9-16/h5-7,15-16H,8-9H2,1-4H3. The van der Waals surface area contributed by atoms with Gasteiger partial charge in [-0.15, -0.1) is 0 Å². The van der Waals surface area contributed by atoms with Crippen LogP contribution in [0.3, 0.4) is 0 Å². The largest absolute Gasteiger partial charge is 0.394 e. The Hall–Kier alpha value is -1.06. The molecule has 0 aliphatic carbocycles. The Morgan fingerprint density at radius 2 is 1.88 bits per heavy atom. The second-order valence-electron chi connectivity index (χ2n) is 4.81. The SMILES string of the molecule is Cc1cc(CO)ccc1N(C)C(C)(C)CO. The Balaban J connectivity index is 3.05. The molecule has 0 spiro atoms. The molecule has 0 unspecified atom stereocenters. The smallest absolute Gasteiger partial charge is 0.0681 e. The maximum Gasteiger partial charge on any atom is 0.0681 e. The molecule has 0 saturated heterocycles. The van der Waals surface area contributed by atoms with E-state index in [0.29, 0.717) is 0 Å². The van der Waals surface area contributed by atoms with Crippen LogP contribution in [0, 0.1) is 6.92 Å². The highest BCUT2D eigenvalue weighted by Gasteiger charge is 2.23. The zero-order valence-corrected chi connectivity index (χ0v) is 10.5. The van der Waals surface area contributed by atoms with E-state index in [1.807, 2.05) is 46.0 Å². The minimum Gasteiger partial charge on any atom is -0.394 e. The average Bonchev–Trinajstić information content (AvgIpc) is 2.28. The molecule has 1 aromatic rings. The third-order valence-corrected chi connectivity index (χ3v) is 3.10. The number of anilines is 1. The normalized spacial score (nSPS) is 11.6. The van der Waals surface area contributed by atoms with Crippen molar-refractivity contribution < 1.29 is 10.2 Å². The van der Waals surface area contributed by atoms with Crippen molar-refractivity contribution in [1.29, 1.82) is 0 Å². The number of nitrogens with zero attached hydrogens (tertiary/aromatic N) is 1. The van der Waals surface area contributed by atoms with Crippen LogP contribution in [0.1, 0.15) is 25.0 Å². The van der Waals surface area contributed by atoms with Crippen LogP contribution in [0.5, 0.6) is 0 Å². The molecule has 0 aliphatic heterocycles. The molecule has 3 heteroatoms. The van der Waals surface area contributed by atoms with Crippen LogP contribution < -0.4 is 4.90 Å². The second-order valence-corrected chi connectivity index (χ2v) is 4.81. The van der Waals surface area contributed by atoms with E-state index in [4.69, 9.17) is 5.11 Å². The Morgan fingerprint density at radius 1 is 1.25 bits per heavy atom. The van der Waals surface area contributed by atoms with Crippen molar-refractivity contribution in [2.75, 3.05) is 18.6 Å². The van der Waals surface area contributed by atoms with E-state index in [9.17, 15) is 5.11 Å². The topological polar surface area (TPSA) is 43.7 Å². The lowest BCUT2D eigenvalue weighted by atomic mass is 10.0. The summed E-state index contributed by atoms with van der Waals surface area (Å²) in [6.45, 7) is 6.16. The summed E-state index contributed by atoms with van der Waals surface area (Å²) in [5, 5.41) is 18.4. The van der Waals surface area contributed by atoms with E-state index >= 15 is 0 Å². The zero-order chi connectivity index (χ0) is 12.3. The van der Waals surface area contributed by atoms with Crippen molar-refractivity contribution in [2.24, 2.45) is 0 Å². The predicted octanol–water partition coefficient (Wildman–Crippen LogP) is 1.69. The molecule has 90 valence electrons. The number of benzene rings is 1. The highest BCUT2D eigenvalue weighted by molar-refractivity contribution is 5.55.